The molecular formula is C18H17FN2S. The quantitative estimate of drug-likeness (QED) is 0.691. The SMILES string of the molecule is Fc1ccc2c(c1)C(N1CCCCC1)=Nc1ccccc1S2. The van der Waals surface area contributed by atoms with E-state index in [1.54, 1.807) is 17.8 Å². The van der Waals surface area contributed by atoms with Crippen molar-refractivity contribution in [1.29, 1.82) is 0 Å². The predicted molar refractivity (Wildman–Crippen MR) is 88.6 cm³/mol. The van der Waals surface area contributed by atoms with Crippen molar-refractivity contribution in [2.45, 2.75) is 29.1 Å². The van der Waals surface area contributed by atoms with Crippen LogP contribution in [0, 0.1) is 5.82 Å². The van der Waals surface area contributed by atoms with Gasteiger partial charge in [-0.1, -0.05) is 23.9 Å². The number of hydrogen-bond acceptors (Lipinski definition) is 3. The van der Waals surface area contributed by atoms with Crippen molar-refractivity contribution in [2.24, 2.45) is 4.99 Å². The highest BCUT2D eigenvalue weighted by Gasteiger charge is 2.23. The van der Waals surface area contributed by atoms with Crippen LogP contribution in [0.5, 0.6) is 0 Å². The summed E-state index contributed by atoms with van der Waals surface area (Å²) in [5.41, 5.74) is 1.90. The van der Waals surface area contributed by atoms with E-state index in [9.17, 15) is 4.39 Å². The zero-order valence-corrected chi connectivity index (χ0v) is 13.1. The molecule has 0 spiro atoms. The largest absolute Gasteiger partial charge is 0.356 e. The van der Waals surface area contributed by atoms with Crippen LogP contribution < -0.4 is 0 Å². The number of rotatable bonds is 0. The highest BCUT2D eigenvalue weighted by Crippen LogP contribution is 2.40. The van der Waals surface area contributed by atoms with Gasteiger partial charge in [-0.05, 0) is 49.6 Å². The number of hydrogen-bond donors (Lipinski definition) is 0. The summed E-state index contributed by atoms with van der Waals surface area (Å²) in [4.78, 5) is 9.42. The first-order chi connectivity index (χ1) is 10.8. The van der Waals surface area contributed by atoms with E-state index in [4.69, 9.17) is 4.99 Å². The summed E-state index contributed by atoms with van der Waals surface area (Å²) in [6.07, 6.45) is 3.63. The molecule has 0 atom stereocenters. The lowest BCUT2D eigenvalue weighted by atomic mass is 10.1. The molecule has 2 aliphatic heterocycles. The Hall–Kier alpha value is -1.81. The van der Waals surface area contributed by atoms with Crippen molar-refractivity contribution in [2.75, 3.05) is 13.1 Å². The Morgan fingerprint density at radius 1 is 0.955 bits per heavy atom. The van der Waals surface area contributed by atoms with Crippen molar-refractivity contribution in [1.82, 2.24) is 4.90 Å². The zero-order chi connectivity index (χ0) is 14.9. The monoisotopic (exact) mass is 312 g/mol. The molecule has 0 radical (unpaired) electrons. The number of piperidine rings is 1. The van der Waals surface area contributed by atoms with Gasteiger partial charge >= 0.3 is 0 Å². The summed E-state index contributed by atoms with van der Waals surface area (Å²) >= 11 is 1.67. The van der Waals surface area contributed by atoms with Gasteiger partial charge in [-0.15, -0.1) is 0 Å². The number of likely N-dealkylation sites (tertiary alicyclic amines) is 1. The van der Waals surface area contributed by atoms with Gasteiger partial charge in [-0.25, -0.2) is 9.38 Å². The maximum absolute atomic E-state index is 13.8. The van der Waals surface area contributed by atoms with Crippen molar-refractivity contribution < 1.29 is 4.39 Å². The molecule has 1 fully saturated rings. The van der Waals surface area contributed by atoms with Gasteiger partial charge in [0.25, 0.3) is 0 Å². The van der Waals surface area contributed by atoms with Crippen LogP contribution in [-0.4, -0.2) is 23.8 Å². The van der Waals surface area contributed by atoms with Crippen molar-refractivity contribution in [3.63, 3.8) is 0 Å². The molecule has 2 aromatic rings. The molecule has 22 heavy (non-hydrogen) atoms. The van der Waals surface area contributed by atoms with Gasteiger partial charge in [0.1, 0.15) is 11.7 Å². The molecule has 1 saturated heterocycles. The second-order valence-corrected chi connectivity index (χ2v) is 6.78. The minimum Gasteiger partial charge on any atom is -0.356 e. The molecule has 2 heterocycles. The lowest BCUT2D eigenvalue weighted by Gasteiger charge is -2.30. The predicted octanol–water partition coefficient (Wildman–Crippen LogP) is 4.85. The van der Waals surface area contributed by atoms with Crippen LogP contribution >= 0.6 is 11.8 Å². The molecule has 4 rings (SSSR count). The maximum Gasteiger partial charge on any atom is 0.137 e. The second-order valence-electron chi connectivity index (χ2n) is 5.69. The Balaban J connectivity index is 1.88. The molecule has 4 heteroatoms. The third-order valence-electron chi connectivity index (χ3n) is 4.15. The Bertz CT molecular complexity index is 736. The highest BCUT2D eigenvalue weighted by atomic mass is 32.2. The highest BCUT2D eigenvalue weighted by molar-refractivity contribution is 7.99. The summed E-state index contributed by atoms with van der Waals surface area (Å²) in [6.45, 7) is 2.00. The fourth-order valence-corrected chi connectivity index (χ4v) is 4.04. The fraction of sp³-hybridized carbons (Fsp3) is 0.278. The van der Waals surface area contributed by atoms with Crippen LogP contribution in [0.3, 0.4) is 0 Å². The lowest BCUT2D eigenvalue weighted by molar-refractivity contribution is 0.342. The first-order valence-electron chi connectivity index (χ1n) is 7.72. The Morgan fingerprint density at radius 2 is 1.77 bits per heavy atom. The smallest absolute Gasteiger partial charge is 0.137 e. The van der Waals surface area contributed by atoms with Gasteiger partial charge in [0.05, 0.1) is 5.69 Å². The molecular weight excluding hydrogens is 295 g/mol. The summed E-state index contributed by atoms with van der Waals surface area (Å²) in [5, 5.41) is 0. The third kappa shape index (κ3) is 2.52. The minimum atomic E-state index is -0.199. The van der Waals surface area contributed by atoms with Crippen LogP contribution in [0.15, 0.2) is 57.2 Å². The molecule has 2 aromatic carbocycles. The van der Waals surface area contributed by atoms with Crippen LogP contribution in [-0.2, 0) is 0 Å². The molecule has 2 aliphatic rings. The van der Waals surface area contributed by atoms with Crippen LogP contribution in [0.2, 0.25) is 0 Å². The summed E-state index contributed by atoms with van der Waals surface area (Å²) in [5.74, 6) is 0.724. The molecule has 0 aromatic heterocycles. The number of nitrogens with zero attached hydrogens (tertiary/aromatic N) is 2. The van der Waals surface area contributed by atoms with Gasteiger partial charge in [0.15, 0.2) is 0 Å². The Morgan fingerprint density at radius 3 is 2.64 bits per heavy atom. The van der Waals surface area contributed by atoms with E-state index < -0.39 is 0 Å². The first kappa shape index (κ1) is 13.8. The molecule has 0 saturated carbocycles. The molecule has 0 bridgehead atoms. The van der Waals surface area contributed by atoms with Crippen LogP contribution in [0.1, 0.15) is 24.8 Å². The van der Waals surface area contributed by atoms with E-state index >= 15 is 0 Å². The maximum atomic E-state index is 13.8. The third-order valence-corrected chi connectivity index (χ3v) is 5.29. The number of halogens is 1. The fourth-order valence-electron chi connectivity index (χ4n) is 3.04. The van der Waals surface area contributed by atoms with Gasteiger partial charge in [-0.2, -0.15) is 0 Å². The lowest BCUT2D eigenvalue weighted by Crippen LogP contribution is -2.36. The van der Waals surface area contributed by atoms with E-state index in [1.165, 1.54) is 25.3 Å². The Labute approximate surface area is 134 Å². The van der Waals surface area contributed by atoms with Crippen molar-refractivity contribution in [3.05, 3.63) is 53.8 Å². The normalized spacial score (nSPS) is 17.3. The summed E-state index contributed by atoms with van der Waals surface area (Å²) < 4.78 is 13.8. The van der Waals surface area contributed by atoms with Gasteiger partial charge in [-0.3, -0.25) is 0 Å². The molecule has 0 amide bonds. The summed E-state index contributed by atoms with van der Waals surface area (Å²) in [7, 11) is 0. The van der Waals surface area contributed by atoms with Crippen LogP contribution in [0.4, 0.5) is 10.1 Å². The number of benzene rings is 2. The molecule has 0 unspecified atom stereocenters. The average molecular weight is 312 g/mol. The molecule has 0 aliphatic carbocycles. The first-order valence-corrected chi connectivity index (χ1v) is 8.53. The topological polar surface area (TPSA) is 15.6 Å². The molecule has 0 N–H and O–H groups in total. The van der Waals surface area contributed by atoms with Gasteiger partial charge in [0.2, 0.25) is 0 Å². The van der Waals surface area contributed by atoms with Gasteiger partial charge < -0.3 is 4.90 Å². The van der Waals surface area contributed by atoms with Crippen molar-refractivity contribution in [3.8, 4) is 0 Å². The van der Waals surface area contributed by atoms with Gasteiger partial charge in [0, 0.05) is 28.4 Å². The number of amidine groups is 1. The molecule has 112 valence electrons. The van der Waals surface area contributed by atoms with E-state index in [2.05, 4.69) is 11.0 Å². The Kier molecular flexibility index (Phi) is 3.62. The second kappa shape index (κ2) is 5.76. The number of para-hydroxylation sites is 1. The molecule has 2 nitrogen and oxygen atoms in total. The zero-order valence-electron chi connectivity index (χ0n) is 12.3. The van der Waals surface area contributed by atoms with Crippen molar-refractivity contribution >= 4 is 23.3 Å². The average Bonchev–Trinajstić information content (AvgIpc) is 2.72. The minimum absolute atomic E-state index is 0.199. The van der Waals surface area contributed by atoms with E-state index in [-0.39, 0.29) is 5.82 Å². The standard InChI is InChI=1S/C18H17FN2S/c19-13-8-9-16-14(12-13)18(21-10-4-1-5-11-21)20-15-6-2-3-7-17(15)22-16/h2-3,6-9,12H,1,4-5,10-11H2. The van der Waals surface area contributed by atoms with Crippen LogP contribution in [0.25, 0.3) is 0 Å². The van der Waals surface area contributed by atoms with E-state index in [0.717, 1.165) is 40.0 Å². The van der Waals surface area contributed by atoms with E-state index in [1.807, 2.05) is 24.3 Å². The summed E-state index contributed by atoms with van der Waals surface area (Å²) in [6, 6.07) is 13.2. The number of aliphatic imine (C=N–C) groups is 1. The number of fused-ring (bicyclic) bond motifs is 2. The van der Waals surface area contributed by atoms with E-state index in [0.29, 0.717) is 0 Å².